The predicted octanol–water partition coefficient (Wildman–Crippen LogP) is 3.60. The SMILES string of the molecule is CC(C)CCNC(CCl)c1ccccc1. The smallest absolute Gasteiger partial charge is 0.0457 e. The van der Waals surface area contributed by atoms with Crippen LogP contribution in [0.2, 0.25) is 0 Å². The van der Waals surface area contributed by atoms with Crippen LogP contribution in [0.25, 0.3) is 0 Å². The molecule has 1 nitrogen and oxygen atoms in total. The van der Waals surface area contributed by atoms with Gasteiger partial charge in [0.2, 0.25) is 0 Å². The summed E-state index contributed by atoms with van der Waals surface area (Å²) in [6.07, 6.45) is 1.19. The van der Waals surface area contributed by atoms with Crippen LogP contribution in [0.4, 0.5) is 0 Å². The van der Waals surface area contributed by atoms with E-state index in [9.17, 15) is 0 Å². The van der Waals surface area contributed by atoms with Crippen molar-refractivity contribution in [1.82, 2.24) is 5.32 Å². The van der Waals surface area contributed by atoms with Gasteiger partial charge in [-0.1, -0.05) is 44.2 Å². The molecular formula is C13H20ClN. The monoisotopic (exact) mass is 225 g/mol. The highest BCUT2D eigenvalue weighted by atomic mass is 35.5. The molecule has 1 rings (SSSR count). The van der Waals surface area contributed by atoms with E-state index in [1.807, 2.05) is 6.07 Å². The number of halogens is 1. The van der Waals surface area contributed by atoms with Gasteiger partial charge in [-0.05, 0) is 24.4 Å². The van der Waals surface area contributed by atoms with Crippen molar-refractivity contribution in [2.45, 2.75) is 26.3 Å². The van der Waals surface area contributed by atoms with E-state index in [2.05, 4.69) is 43.4 Å². The number of rotatable bonds is 6. The minimum atomic E-state index is 0.284. The molecule has 1 aromatic carbocycles. The van der Waals surface area contributed by atoms with Gasteiger partial charge in [0, 0.05) is 11.9 Å². The van der Waals surface area contributed by atoms with Crippen molar-refractivity contribution in [3.05, 3.63) is 35.9 Å². The normalized spacial score (nSPS) is 13.1. The van der Waals surface area contributed by atoms with Crippen molar-refractivity contribution in [3.8, 4) is 0 Å². The van der Waals surface area contributed by atoms with Crippen molar-refractivity contribution in [2.24, 2.45) is 5.92 Å². The third-order valence-corrected chi connectivity index (χ3v) is 2.78. The van der Waals surface area contributed by atoms with Crippen LogP contribution < -0.4 is 5.32 Å². The third kappa shape index (κ3) is 4.67. The van der Waals surface area contributed by atoms with E-state index in [1.54, 1.807) is 0 Å². The molecule has 15 heavy (non-hydrogen) atoms. The van der Waals surface area contributed by atoms with E-state index in [1.165, 1.54) is 12.0 Å². The lowest BCUT2D eigenvalue weighted by Gasteiger charge is -2.17. The fraction of sp³-hybridized carbons (Fsp3) is 0.538. The molecule has 0 fully saturated rings. The Balaban J connectivity index is 2.43. The van der Waals surface area contributed by atoms with Crippen molar-refractivity contribution >= 4 is 11.6 Å². The molecule has 0 radical (unpaired) electrons. The summed E-state index contributed by atoms with van der Waals surface area (Å²) in [5.74, 6) is 1.37. The Morgan fingerprint density at radius 1 is 1.20 bits per heavy atom. The Bertz CT molecular complexity index is 258. The van der Waals surface area contributed by atoms with E-state index in [0.717, 1.165) is 12.5 Å². The van der Waals surface area contributed by atoms with Gasteiger partial charge in [0.15, 0.2) is 0 Å². The van der Waals surface area contributed by atoms with Gasteiger partial charge >= 0.3 is 0 Å². The third-order valence-electron chi connectivity index (χ3n) is 2.47. The molecule has 84 valence electrons. The molecular weight excluding hydrogens is 206 g/mol. The molecule has 0 aliphatic carbocycles. The lowest BCUT2D eigenvalue weighted by molar-refractivity contribution is 0.499. The average molecular weight is 226 g/mol. The minimum absolute atomic E-state index is 0.284. The first kappa shape index (κ1) is 12.5. The zero-order valence-electron chi connectivity index (χ0n) is 9.54. The summed E-state index contributed by atoms with van der Waals surface area (Å²) >= 11 is 5.95. The largest absolute Gasteiger partial charge is 0.309 e. The molecule has 1 aromatic rings. The molecule has 1 atom stereocenters. The zero-order chi connectivity index (χ0) is 11.1. The Hall–Kier alpha value is -0.530. The molecule has 0 aliphatic heterocycles. The van der Waals surface area contributed by atoms with Gasteiger partial charge < -0.3 is 5.32 Å². The summed E-state index contributed by atoms with van der Waals surface area (Å²) in [6.45, 7) is 5.50. The maximum Gasteiger partial charge on any atom is 0.0457 e. The van der Waals surface area contributed by atoms with Crippen LogP contribution in [0, 0.1) is 5.92 Å². The molecule has 0 saturated carbocycles. The molecule has 0 aromatic heterocycles. The minimum Gasteiger partial charge on any atom is -0.309 e. The van der Waals surface area contributed by atoms with Crippen LogP contribution in [0.5, 0.6) is 0 Å². The van der Waals surface area contributed by atoms with Crippen LogP contribution in [0.1, 0.15) is 31.9 Å². The molecule has 2 heteroatoms. The van der Waals surface area contributed by atoms with E-state index in [4.69, 9.17) is 11.6 Å². The Kier molecular flexibility index (Phi) is 5.74. The second-order valence-corrected chi connectivity index (χ2v) is 4.56. The van der Waals surface area contributed by atoms with Crippen LogP contribution in [0.15, 0.2) is 30.3 Å². The van der Waals surface area contributed by atoms with E-state index in [0.29, 0.717) is 5.88 Å². The van der Waals surface area contributed by atoms with Gasteiger partial charge in [0.05, 0.1) is 0 Å². The van der Waals surface area contributed by atoms with E-state index >= 15 is 0 Å². The topological polar surface area (TPSA) is 12.0 Å². The van der Waals surface area contributed by atoms with Crippen molar-refractivity contribution in [2.75, 3.05) is 12.4 Å². The Labute approximate surface area is 97.8 Å². The number of hydrogen-bond donors (Lipinski definition) is 1. The Morgan fingerprint density at radius 2 is 1.87 bits per heavy atom. The number of hydrogen-bond acceptors (Lipinski definition) is 1. The molecule has 1 N–H and O–H groups in total. The number of nitrogens with one attached hydrogen (secondary N) is 1. The summed E-state index contributed by atoms with van der Waals surface area (Å²) in [5.41, 5.74) is 1.27. The predicted molar refractivity (Wildman–Crippen MR) is 67.4 cm³/mol. The van der Waals surface area contributed by atoms with Crippen LogP contribution >= 0.6 is 11.6 Å². The van der Waals surface area contributed by atoms with Crippen molar-refractivity contribution in [1.29, 1.82) is 0 Å². The lowest BCUT2D eigenvalue weighted by atomic mass is 10.1. The number of benzene rings is 1. The fourth-order valence-corrected chi connectivity index (χ4v) is 1.78. The summed E-state index contributed by atoms with van der Waals surface area (Å²) in [7, 11) is 0. The van der Waals surface area contributed by atoms with Crippen LogP contribution in [-0.2, 0) is 0 Å². The first-order valence-electron chi connectivity index (χ1n) is 5.58. The summed E-state index contributed by atoms with van der Waals surface area (Å²) in [6, 6.07) is 10.7. The molecule has 0 bridgehead atoms. The van der Waals surface area contributed by atoms with Gasteiger partial charge in [0.25, 0.3) is 0 Å². The van der Waals surface area contributed by atoms with Crippen molar-refractivity contribution < 1.29 is 0 Å². The molecule has 0 heterocycles. The molecule has 0 amide bonds. The van der Waals surface area contributed by atoms with E-state index < -0.39 is 0 Å². The lowest BCUT2D eigenvalue weighted by Crippen LogP contribution is -2.24. The molecule has 0 saturated heterocycles. The average Bonchev–Trinajstić information content (AvgIpc) is 2.25. The van der Waals surface area contributed by atoms with Gasteiger partial charge in [-0.15, -0.1) is 11.6 Å². The quantitative estimate of drug-likeness (QED) is 0.730. The van der Waals surface area contributed by atoms with Gasteiger partial charge in [-0.2, -0.15) is 0 Å². The molecule has 1 unspecified atom stereocenters. The summed E-state index contributed by atoms with van der Waals surface area (Å²) in [4.78, 5) is 0. The second kappa shape index (κ2) is 6.86. The maximum atomic E-state index is 5.95. The number of alkyl halides is 1. The zero-order valence-corrected chi connectivity index (χ0v) is 10.3. The van der Waals surface area contributed by atoms with Crippen LogP contribution in [0.3, 0.4) is 0 Å². The van der Waals surface area contributed by atoms with Gasteiger partial charge in [-0.25, -0.2) is 0 Å². The first-order chi connectivity index (χ1) is 7.24. The highest BCUT2D eigenvalue weighted by molar-refractivity contribution is 6.18. The van der Waals surface area contributed by atoms with E-state index in [-0.39, 0.29) is 6.04 Å². The summed E-state index contributed by atoms with van der Waals surface area (Å²) in [5, 5.41) is 3.49. The highest BCUT2D eigenvalue weighted by Crippen LogP contribution is 2.14. The summed E-state index contributed by atoms with van der Waals surface area (Å²) < 4.78 is 0. The molecule has 0 spiro atoms. The fourth-order valence-electron chi connectivity index (χ4n) is 1.49. The second-order valence-electron chi connectivity index (χ2n) is 4.25. The Morgan fingerprint density at radius 3 is 2.40 bits per heavy atom. The van der Waals surface area contributed by atoms with Crippen LogP contribution in [-0.4, -0.2) is 12.4 Å². The highest BCUT2D eigenvalue weighted by Gasteiger charge is 2.08. The van der Waals surface area contributed by atoms with Gasteiger partial charge in [-0.3, -0.25) is 0 Å². The maximum absolute atomic E-state index is 5.95. The standard InChI is InChI=1S/C13H20ClN/c1-11(2)8-9-15-13(10-14)12-6-4-3-5-7-12/h3-7,11,13,15H,8-10H2,1-2H3. The first-order valence-corrected chi connectivity index (χ1v) is 6.11. The van der Waals surface area contributed by atoms with Gasteiger partial charge in [0.1, 0.15) is 0 Å². The van der Waals surface area contributed by atoms with Crippen molar-refractivity contribution in [3.63, 3.8) is 0 Å². The molecule has 0 aliphatic rings.